The van der Waals surface area contributed by atoms with Crippen LogP contribution >= 0.6 is 0 Å². The fourth-order valence-electron chi connectivity index (χ4n) is 2.39. The lowest BCUT2D eigenvalue weighted by Crippen LogP contribution is -2.26. The van der Waals surface area contributed by atoms with Crippen LogP contribution in [0.2, 0.25) is 0 Å². The SMILES string of the molecule is CNC(c1cccc(OC)c1F)C1CCOC1. The predicted octanol–water partition coefficient (Wildman–Crippen LogP) is 2.13. The number of hydrogen-bond donors (Lipinski definition) is 1. The van der Waals surface area contributed by atoms with Gasteiger partial charge in [-0.15, -0.1) is 0 Å². The number of rotatable bonds is 4. The summed E-state index contributed by atoms with van der Waals surface area (Å²) >= 11 is 0. The van der Waals surface area contributed by atoms with Crippen molar-refractivity contribution < 1.29 is 13.9 Å². The summed E-state index contributed by atoms with van der Waals surface area (Å²) in [5.74, 6) is 0.338. The Bertz CT molecular complexity index is 378. The second-order valence-corrected chi connectivity index (χ2v) is 4.25. The molecule has 0 radical (unpaired) electrons. The highest BCUT2D eigenvalue weighted by Crippen LogP contribution is 2.32. The fourth-order valence-corrected chi connectivity index (χ4v) is 2.39. The van der Waals surface area contributed by atoms with Gasteiger partial charge in [-0.3, -0.25) is 0 Å². The van der Waals surface area contributed by atoms with Crippen LogP contribution in [0.25, 0.3) is 0 Å². The van der Waals surface area contributed by atoms with Gasteiger partial charge >= 0.3 is 0 Å². The molecule has 2 rings (SSSR count). The van der Waals surface area contributed by atoms with Gasteiger partial charge in [0.2, 0.25) is 0 Å². The second-order valence-electron chi connectivity index (χ2n) is 4.25. The molecule has 1 fully saturated rings. The van der Waals surface area contributed by atoms with E-state index in [1.807, 2.05) is 13.1 Å². The summed E-state index contributed by atoms with van der Waals surface area (Å²) in [5.41, 5.74) is 0.655. The minimum Gasteiger partial charge on any atom is -0.494 e. The zero-order chi connectivity index (χ0) is 12.3. The second kappa shape index (κ2) is 5.47. The van der Waals surface area contributed by atoms with E-state index in [0.29, 0.717) is 23.8 Å². The molecule has 1 aromatic carbocycles. The van der Waals surface area contributed by atoms with Gasteiger partial charge in [-0.05, 0) is 19.5 Å². The Hall–Kier alpha value is -1.13. The number of nitrogens with one attached hydrogen (secondary N) is 1. The van der Waals surface area contributed by atoms with E-state index < -0.39 is 0 Å². The van der Waals surface area contributed by atoms with Gasteiger partial charge < -0.3 is 14.8 Å². The molecule has 1 saturated heterocycles. The van der Waals surface area contributed by atoms with Crippen LogP contribution in [0.5, 0.6) is 5.75 Å². The minimum absolute atomic E-state index is 0.0207. The molecule has 94 valence electrons. The molecule has 0 aromatic heterocycles. The molecule has 2 atom stereocenters. The Morgan fingerprint density at radius 1 is 1.53 bits per heavy atom. The van der Waals surface area contributed by atoms with Crippen molar-refractivity contribution in [1.82, 2.24) is 5.32 Å². The van der Waals surface area contributed by atoms with E-state index >= 15 is 0 Å². The average molecular weight is 239 g/mol. The highest BCUT2D eigenvalue weighted by atomic mass is 19.1. The van der Waals surface area contributed by atoms with Crippen LogP contribution in [0.3, 0.4) is 0 Å². The van der Waals surface area contributed by atoms with Crippen molar-refractivity contribution >= 4 is 0 Å². The summed E-state index contributed by atoms with van der Waals surface area (Å²) in [7, 11) is 3.33. The first-order valence-corrected chi connectivity index (χ1v) is 5.85. The molecule has 4 heteroatoms. The van der Waals surface area contributed by atoms with Crippen LogP contribution in [0.1, 0.15) is 18.0 Å². The number of halogens is 1. The summed E-state index contributed by atoms with van der Waals surface area (Å²) in [6.45, 7) is 1.44. The standard InChI is InChI=1S/C13H18FNO2/c1-15-13(9-6-7-17-8-9)10-4-3-5-11(16-2)12(10)14/h3-5,9,13,15H,6-8H2,1-2H3. The minimum atomic E-state index is -0.277. The molecule has 0 amide bonds. The molecule has 1 N–H and O–H groups in total. The summed E-state index contributed by atoms with van der Waals surface area (Å²) in [4.78, 5) is 0. The largest absolute Gasteiger partial charge is 0.494 e. The smallest absolute Gasteiger partial charge is 0.169 e. The van der Waals surface area contributed by atoms with E-state index in [4.69, 9.17) is 9.47 Å². The van der Waals surface area contributed by atoms with Crippen molar-refractivity contribution in [2.75, 3.05) is 27.4 Å². The zero-order valence-corrected chi connectivity index (χ0v) is 10.2. The van der Waals surface area contributed by atoms with E-state index in [-0.39, 0.29) is 11.9 Å². The lowest BCUT2D eigenvalue weighted by atomic mass is 9.92. The molecule has 1 aliphatic rings. The highest BCUT2D eigenvalue weighted by Gasteiger charge is 2.28. The third kappa shape index (κ3) is 2.42. The first kappa shape index (κ1) is 12.3. The van der Waals surface area contributed by atoms with Crippen LogP contribution in [0, 0.1) is 11.7 Å². The topological polar surface area (TPSA) is 30.5 Å². The fraction of sp³-hybridized carbons (Fsp3) is 0.538. The molecular formula is C13H18FNO2. The molecule has 0 saturated carbocycles. The maximum absolute atomic E-state index is 14.2. The van der Waals surface area contributed by atoms with E-state index in [2.05, 4.69) is 5.32 Å². The monoisotopic (exact) mass is 239 g/mol. The van der Waals surface area contributed by atoms with Crippen LogP contribution in [0.15, 0.2) is 18.2 Å². The maximum Gasteiger partial charge on any atom is 0.169 e. The third-order valence-electron chi connectivity index (χ3n) is 3.30. The van der Waals surface area contributed by atoms with Crippen molar-refractivity contribution in [2.45, 2.75) is 12.5 Å². The molecule has 1 heterocycles. The van der Waals surface area contributed by atoms with Crippen molar-refractivity contribution in [2.24, 2.45) is 5.92 Å². The summed E-state index contributed by atoms with van der Waals surface area (Å²) < 4.78 is 24.5. The Morgan fingerprint density at radius 3 is 2.94 bits per heavy atom. The van der Waals surface area contributed by atoms with Crippen LogP contribution in [0.4, 0.5) is 4.39 Å². The van der Waals surface area contributed by atoms with Gasteiger partial charge in [-0.2, -0.15) is 0 Å². The van der Waals surface area contributed by atoms with Gasteiger partial charge in [0.25, 0.3) is 0 Å². The molecule has 1 aliphatic heterocycles. The molecule has 0 spiro atoms. The predicted molar refractivity (Wildman–Crippen MR) is 63.7 cm³/mol. The Morgan fingerprint density at radius 2 is 2.35 bits per heavy atom. The molecule has 3 nitrogen and oxygen atoms in total. The zero-order valence-electron chi connectivity index (χ0n) is 10.2. The normalized spacial score (nSPS) is 21.5. The molecule has 2 unspecified atom stereocenters. The van der Waals surface area contributed by atoms with Gasteiger partial charge in [0, 0.05) is 24.1 Å². The number of hydrogen-bond acceptors (Lipinski definition) is 3. The van der Waals surface area contributed by atoms with E-state index in [0.717, 1.165) is 13.0 Å². The quantitative estimate of drug-likeness (QED) is 0.873. The molecule has 17 heavy (non-hydrogen) atoms. The summed E-state index contributed by atoms with van der Waals surface area (Å²) in [6, 6.07) is 5.23. The van der Waals surface area contributed by atoms with Gasteiger partial charge in [0.1, 0.15) is 0 Å². The van der Waals surface area contributed by atoms with Crippen molar-refractivity contribution in [3.05, 3.63) is 29.6 Å². The first-order chi connectivity index (χ1) is 8.27. The van der Waals surface area contributed by atoms with Crippen LogP contribution in [-0.4, -0.2) is 27.4 Å². The van der Waals surface area contributed by atoms with E-state index in [9.17, 15) is 4.39 Å². The Balaban J connectivity index is 2.29. The van der Waals surface area contributed by atoms with Gasteiger partial charge in [0.15, 0.2) is 11.6 Å². The Labute approximate surface area is 101 Å². The molecular weight excluding hydrogens is 221 g/mol. The lowest BCUT2D eigenvalue weighted by molar-refractivity contribution is 0.177. The average Bonchev–Trinajstić information content (AvgIpc) is 2.86. The van der Waals surface area contributed by atoms with Crippen molar-refractivity contribution in [1.29, 1.82) is 0 Å². The van der Waals surface area contributed by atoms with Crippen LogP contribution < -0.4 is 10.1 Å². The van der Waals surface area contributed by atoms with Gasteiger partial charge in [-0.1, -0.05) is 12.1 Å². The first-order valence-electron chi connectivity index (χ1n) is 5.85. The van der Waals surface area contributed by atoms with E-state index in [1.165, 1.54) is 7.11 Å². The maximum atomic E-state index is 14.2. The number of benzene rings is 1. The van der Waals surface area contributed by atoms with Gasteiger partial charge in [-0.25, -0.2) is 4.39 Å². The number of ether oxygens (including phenoxy) is 2. The molecule has 1 aromatic rings. The summed E-state index contributed by atoms with van der Waals surface area (Å²) in [6.07, 6.45) is 0.960. The summed E-state index contributed by atoms with van der Waals surface area (Å²) in [5, 5.41) is 3.18. The van der Waals surface area contributed by atoms with Gasteiger partial charge in [0.05, 0.1) is 13.7 Å². The lowest BCUT2D eigenvalue weighted by Gasteiger charge is -2.23. The van der Waals surface area contributed by atoms with E-state index in [1.54, 1.807) is 12.1 Å². The Kier molecular flexibility index (Phi) is 3.97. The highest BCUT2D eigenvalue weighted by molar-refractivity contribution is 5.33. The molecule has 0 aliphatic carbocycles. The van der Waals surface area contributed by atoms with Crippen molar-refractivity contribution in [3.63, 3.8) is 0 Å². The third-order valence-corrected chi connectivity index (χ3v) is 3.30. The van der Waals surface area contributed by atoms with Crippen LogP contribution in [-0.2, 0) is 4.74 Å². The molecule has 0 bridgehead atoms. The van der Waals surface area contributed by atoms with Crippen molar-refractivity contribution in [3.8, 4) is 5.75 Å². The number of methoxy groups -OCH3 is 1.